The largest absolute Gasteiger partial charge is 0.316 e. The highest BCUT2D eigenvalue weighted by molar-refractivity contribution is 6.01. The van der Waals surface area contributed by atoms with Gasteiger partial charge in [-0.05, 0) is 37.9 Å². The lowest BCUT2D eigenvalue weighted by Crippen LogP contribution is -2.33. The van der Waals surface area contributed by atoms with Crippen molar-refractivity contribution < 1.29 is 9.18 Å². The molecule has 1 unspecified atom stereocenters. The first-order valence-electron chi connectivity index (χ1n) is 6.11. The van der Waals surface area contributed by atoms with Crippen molar-refractivity contribution in [2.45, 2.75) is 26.7 Å². The lowest BCUT2D eigenvalue weighted by Gasteiger charge is -2.25. The van der Waals surface area contributed by atoms with E-state index >= 15 is 0 Å². The molecule has 0 amide bonds. The molecule has 0 spiro atoms. The van der Waals surface area contributed by atoms with Crippen molar-refractivity contribution in [2.24, 2.45) is 5.41 Å². The summed E-state index contributed by atoms with van der Waals surface area (Å²) in [6, 6.07) is 4.78. The van der Waals surface area contributed by atoms with Crippen LogP contribution in [0.2, 0.25) is 0 Å². The Morgan fingerprint density at radius 1 is 1.53 bits per heavy atom. The van der Waals surface area contributed by atoms with Crippen molar-refractivity contribution in [1.29, 1.82) is 0 Å². The number of hydrogen-bond acceptors (Lipinski definition) is 2. The minimum atomic E-state index is -0.332. The molecule has 1 atom stereocenters. The molecule has 0 aliphatic carbocycles. The molecular weight excluding hydrogens is 217 g/mol. The number of carbonyl (C=O) groups is 1. The standard InChI is InChI=1S/C14H18FNO/c1-3-14(6-7-16-9-14)13(17)11-5-4-10(2)12(15)8-11/h4-5,8,16H,3,6-7,9H2,1-2H3. The molecule has 0 aromatic heterocycles. The third kappa shape index (κ3) is 2.12. The Balaban J connectivity index is 2.32. The van der Waals surface area contributed by atoms with Gasteiger partial charge in [-0.2, -0.15) is 0 Å². The summed E-state index contributed by atoms with van der Waals surface area (Å²) in [7, 11) is 0. The summed E-state index contributed by atoms with van der Waals surface area (Å²) in [5, 5.41) is 3.23. The molecule has 3 heteroatoms. The zero-order valence-corrected chi connectivity index (χ0v) is 10.3. The van der Waals surface area contributed by atoms with Crippen molar-refractivity contribution in [3.05, 3.63) is 35.1 Å². The third-order valence-corrected chi connectivity index (χ3v) is 3.84. The van der Waals surface area contributed by atoms with Crippen molar-refractivity contribution in [1.82, 2.24) is 5.32 Å². The normalized spacial score (nSPS) is 23.9. The second-order valence-electron chi connectivity index (χ2n) is 4.85. The van der Waals surface area contributed by atoms with E-state index in [-0.39, 0.29) is 17.0 Å². The SMILES string of the molecule is CCC1(C(=O)c2ccc(C)c(F)c2)CCNC1. The molecule has 0 bridgehead atoms. The van der Waals surface area contributed by atoms with E-state index in [1.165, 1.54) is 6.07 Å². The predicted molar refractivity (Wildman–Crippen MR) is 65.7 cm³/mol. The number of benzene rings is 1. The molecule has 1 N–H and O–H groups in total. The maximum atomic E-state index is 13.5. The number of halogens is 1. The summed E-state index contributed by atoms with van der Waals surface area (Å²) in [6.07, 6.45) is 1.64. The van der Waals surface area contributed by atoms with Crippen LogP contribution in [0.4, 0.5) is 4.39 Å². The molecule has 2 rings (SSSR count). The van der Waals surface area contributed by atoms with Crippen LogP contribution < -0.4 is 5.32 Å². The fourth-order valence-electron chi connectivity index (χ4n) is 2.44. The number of nitrogens with one attached hydrogen (secondary N) is 1. The lowest BCUT2D eigenvalue weighted by molar-refractivity contribution is 0.0810. The van der Waals surface area contributed by atoms with Gasteiger partial charge in [0.2, 0.25) is 0 Å². The van der Waals surface area contributed by atoms with E-state index in [0.29, 0.717) is 17.7 Å². The first-order valence-corrected chi connectivity index (χ1v) is 6.11. The van der Waals surface area contributed by atoms with Gasteiger partial charge in [0.25, 0.3) is 0 Å². The van der Waals surface area contributed by atoms with Gasteiger partial charge < -0.3 is 5.32 Å². The van der Waals surface area contributed by atoms with E-state index in [4.69, 9.17) is 0 Å². The molecule has 2 nitrogen and oxygen atoms in total. The Hall–Kier alpha value is -1.22. The number of hydrogen-bond donors (Lipinski definition) is 1. The monoisotopic (exact) mass is 235 g/mol. The molecule has 1 aliphatic rings. The van der Waals surface area contributed by atoms with Gasteiger partial charge in [0.1, 0.15) is 5.82 Å². The summed E-state index contributed by atoms with van der Waals surface area (Å²) < 4.78 is 13.5. The van der Waals surface area contributed by atoms with Crippen LogP contribution in [0.15, 0.2) is 18.2 Å². The average Bonchev–Trinajstić information content (AvgIpc) is 2.81. The van der Waals surface area contributed by atoms with Crippen LogP contribution in [0.5, 0.6) is 0 Å². The highest BCUT2D eigenvalue weighted by atomic mass is 19.1. The molecule has 92 valence electrons. The zero-order chi connectivity index (χ0) is 12.5. The van der Waals surface area contributed by atoms with E-state index in [2.05, 4.69) is 5.32 Å². The summed E-state index contributed by atoms with van der Waals surface area (Å²) in [4.78, 5) is 12.5. The maximum absolute atomic E-state index is 13.5. The van der Waals surface area contributed by atoms with Gasteiger partial charge in [-0.3, -0.25) is 4.79 Å². The minimum Gasteiger partial charge on any atom is -0.316 e. The Morgan fingerprint density at radius 2 is 2.29 bits per heavy atom. The van der Waals surface area contributed by atoms with Crippen molar-refractivity contribution >= 4 is 5.78 Å². The van der Waals surface area contributed by atoms with Crippen molar-refractivity contribution in [2.75, 3.05) is 13.1 Å². The van der Waals surface area contributed by atoms with E-state index in [1.54, 1.807) is 19.1 Å². The fraction of sp³-hybridized carbons (Fsp3) is 0.500. The number of ketones is 1. The molecule has 0 saturated carbocycles. The Labute approximate surface area is 101 Å². The predicted octanol–water partition coefficient (Wildman–Crippen LogP) is 2.71. The van der Waals surface area contributed by atoms with Crippen LogP contribution in [0.3, 0.4) is 0 Å². The van der Waals surface area contributed by atoms with Gasteiger partial charge in [-0.25, -0.2) is 4.39 Å². The van der Waals surface area contributed by atoms with Gasteiger partial charge in [0, 0.05) is 17.5 Å². The van der Waals surface area contributed by atoms with Gasteiger partial charge in [0.05, 0.1) is 0 Å². The van der Waals surface area contributed by atoms with E-state index in [9.17, 15) is 9.18 Å². The molecule has 1 aromatic carbocycles. The lowest BCUT2D eigenvalue weighted by atomic mass is 9.77. The van der Waals surface area contributed by atoms with Gasteiger partial charge in [-0.15, -0.1) is 0 Å². The second-order valence-corrected chi connectivity index (χ2v) is 4.85. The maximum Gasteiger partial charge on any atom is 0.170 e. The minimum absolute atomic E-state index is 0.0731. The van der Waals surface area contributed by atoms with Crippen LogP contribution in [0.1, 0.15) is 35.7 Å². The van der Waals surface area contributed by atoms with Crippen molar-refractivity contribution in [3.8, 4) is 0 Å². The highest BCUT2D eigenvalue weighted by Crippen LogP contribution is 2.33. The second kappa shape index (κ2) is 4.57. The number of carbonyl (C=O) groups excluding carboxylic acids is 1. The van der Waals surface area contributed by atoms with E-state index < -0.39 is 0 Å². The molecule has 1 heterocycles. The van der Waals surface area contributed by atoms with Gasteiger partial charge in [0.15, 0.2) is 5.78 Å². The Morgan fingerprint density at radius 3 is 2.82 bits per heavy atom. The first kappa shape index (κ1) is 12.2. The van der Waals surface area contributed by atoms with Crippen LogP contribution in [-0.4, -0.2) is 18.9 Å². The topological polar surface area (TPSA) is 29.1 Å². The zero-order valence-electron chi connectivity index (χ0n) is 10.3. The molecule has 1 aromatic rings. The summed E-state index contributed by atoms with van der Waals surface area (Å²) in [5.74, 6) is -0.225. The Bertz CT molecular complexity index is 436. The summed E-state index contributed by atoms with van der Waals surface area (Å²) in [5.41, 5.74) is 0.747. The van der Waals surface area contributed by atoms with Crippen LogP contribution in [0, 0.1) is 18.2 Å². The van der Waals surface area contributed by atoms with Crippen molar-refractivity contribution in [3.63, 3.8) is 0 Å². The summed E-state index contributed by atoms with van der Waals surface area (Å²) in [6.45, 7) is 5.30. The van der Waals surface area contributed by atoms with E-state index in [0.717, 1.165) is 19.4 Å². The first-order chi connectivity index (χ1) is 8.09. The number of aryl methyl sites for hydroxylation is 1. The molecule has 1 saturated heterocycles. The average molecular weight is 235 g/mol. The van der Waals surface area contributed by atoms with Crippen LogP contribution in [0.25, 0.3) is 0 Å². The van der Waals surface area contributed by atoms with E-state index in [1.807, 2.05) is 6.92 Å². The smallest absolute Gasteiger partial charge is 0.170 e. The fourth-order valence-corrected chi connectivity index (χ4v) is 2.44. The number of Topliss-reactive ketones (excluding diaryl/α,β-unsaturated/α-hetero) is 1. The van der Waals surface area contributed by atoms with Gasteiger partial charge in [-0.1, -0.05) is 19.1 Å². The summed E-state index contributed by atoms with van der Waals surface area (Å²) >= 11 is 0. The molecule has 1 aliphatic heterocycles. The Kier molecular flexibility index (Phi) is 3.29. The van der Waals surface area contributed by atoms with Crippen LogP contribution >= 0.6 is 0 Å². The molecule has 17 heavy (non-hydrogen) atoms. The highest BCUT2D eigenvalue weighted by Gasteiger charge is 2.39. The van der Waals surface area contributed by atoms with Crippen LogP contribution in [-0.2, 0) is 0 Å². The number of rotatable bonds is 3. The molecule has 1 fully saturated rings. The molecule has 0 radical (unpaired) electrons. The van der Waals surface area contributed by atoms with Gasteiger partial charge >= 0.3 is 0 Å². The third-order valence-electron chi connectivity index (χ3n) is 3.84. The molecular formula is C14H18FNO. The quantitative estimate of drug-likeness (QED) is 0.816.